The van der Waals surface area contributed by atoms with E-state index >= 15 is 0 Å². The number of amides is 2. The van der Waals surface area contributed by atoms with Gasteiger partial charge in [-0.3, -0.25) is 9.59 Å². The zero-order chi connectivity index (χ0) is 22.0. The van der Waals surface area contributed by atoms with E-state index < -0.39 is 11.8 Å². The van der Waals surface area contributed by atoms with Crippen molar-refractivity contribution in [2.45, 2.75) is 0 Å². The molecule has 1 aromatic heterocycles. The van der Waals surface area contributed by atoms with E-state index in [1.807, 2.05) is 17.5 Å². The van der Waals surface area contributed by atoms with E-state index in [2.05, 4.69) is 5.32 Å². The van der Waals surface area contributed by atoms with Gasteiger partial charge in [-0.1, -0.05) is 12.1 Å². The highest BCUT2D eigenvalue weighted by Gasteiger charge is 2.41. The predicted octanol–water partition coefficient (Wildman–Crippen LogP) is 4.17. The molecule has 0 radical (unpaired) electrons. The molecule has 0 fully saturated rings. The molecule has 0 unspecified atom stereocenters. The Bertz CT molecular complexity index is 1170. The van der Waals surface area contributed by atoms with Crippen LogP contribution in [0, 0.1) is 0 Å². The zero-order valence-electron chi connectivity index (χ0n) is 17.2. The molecule has 0 atom stereocenters. The first-order valence-electron chi connectivity index (χ1n) is 9.37. The lowest BCUT2D eigenvalue weighted by molar-refractivity contribution is -0.120. The number of ether oxygens (including phenoxy) is 3. The first-order chi connectivity index (χ1) is 15.1. The molecule has 0 spiro atoms. The van der Waals surface area contributed by atoms with Gasteiger partial charge in [0.15, 0.2) is 11.5 Å². The number of benzene rings is 2. The lowest BCUT2D eigenvalue weighted by Crippen LogP contribution is -2.32. The van der Waals surface area contributed by atoms with Crippen LogP contribution in [0.2, 0.25) is 0 Å². The third-order valence-corrected chi connectivity index (χ3v) is 5.70. The molecule has 2 heterocycles. The number of rotatable bonds is 7. The third kappa shape index (κ3) is 3.73. The quantitative estimate of drug-likeness (QED) is 0.560. The summed E-state index contributed by atoms with van der Waals surface area (Å²) in [5.74, 6) is 0.698. The Hall–Kier alpha value is -3.78. The maximum Gasteiger partial charge on any atom is 0.282 e. The topological polar surface area (TPSA) is 77.1 Å². The summed E-state index contributed by atoms with van der Waals surface area (Å²) >= 11 is 1.39. The van der Waals surface area contributed by atoms with E-state index in [9.17, 15) is 9.59 Å². The molecule has 1 N–H and O–H groups in total. The molecule has 2 amide bonds. The summed E-state index contributed by atoms with van der Waals surface area (Å²) in [7, 11) is 4.59. The van der Waals surface area contributed by atoms with Crippen molar-refractivity contribution in [2.24, 2.45) is 0 Å². The Morgan fingerprint density at radius 2 is 1.65 bits per heavy atom. The second-order valence-electron chi connectivity index (χ2n) is 6.57. The first kappa shape index (κ1) is 20.5. The number of carbonyl (C=O) groups excluding carboxylic acids is 2. The van der Waals surface area contributed by atoms with Crippen LogP contribution in [0.4, 0.5) is 11.4 Å². The zero-order valence-corrected chi connectivity index (χ0v) is 18.0. The molecule has 0 bridgehead atoms. The van der Waals surface area contributed by atoms with E-state index in [0.29, 0.717) is 39.1 Å². The smallest absolute Gasteiger partial charge is 0.282 e. The lowest BCUT2D eigenvalue weighted by atomic mass is 10.2. The van der Waals surface area contributed by atoms with Gasteiger partial charge < -0.3 is 19.5 Å². The van der Waals surface area contributed by atoms with E-state index in [1.54, 1.807) is 49.6 Å². The van der Waals surface area contributed by atoms with Crippen LogP contribution in [-0.4, -0.2) is 33.1 Å². The molecular weight excluding hydrogens is 416 g/mol. The van der Waals surface area contributed by atoms with E-state index in [0.717, 1.165) is 4.90 Å². The van der Waals surface area contributed by atoms with Gasteiger partial charge in [-0.05, 0) is 35.7 Å². The Morgan fingerprint density at radius 3 is 2.32 bits per heavy atom. The standard InChI is InChI=1S/C23H20N2O5S/c1-28-16-7-4-6-14(12-16)24-21-20(19-8-5-11-31-19)22(26)25(23(21)27)15-9-10-17(29-2)18(13-15)30-3/h4-13,24H,1-3H3. The van der Waals surface area contributed by atoms with Gasteiger partial charge in [0.25, 0.3) is 11.8 Å². The van der Waals surface area contributed by atoms with Crippen molar-refractivity contribution >= 4 is 40.1 Å². The van der Waals surface area contributed by atoms with E-state index in [4.69, 9.17) is 14.2 Å². The number of nitrogens with zero attached hydrogens (tertiary/aromatic N) is 1. The molecule has 3 aromatic rings. The molecule has 7 nitrogen and oxygen atoms in total. The van der Waals surface area contributed by atoms with Crippen molar-refractivity contribution in [2.75, 3.05) is 31.5 Å². The fraction of sp³-hybridized carbons (Fsp3) is 0.130. The molecule has 4 rings (SSSR count). The van der Waals surface area contributed by atoms with Crippen LogP contribution < -0.4 is 24.4 Å². The molecule has 1 aliphatic rings. The summed E-state index contributed by atoms with van der Waals surface area (Å²) < 4.78 is 15.9. The van der Waals surface area contributed by atoms with Crippen molar-refractivity contribution in [1.82, 2.24) is 0 Å². The van der Waals surface area contributed by atoms with Gasteiger partial charge in [-0.15, -0.1) is 11.3 Å². The van der Waals surface area contributed by atoms with Gasteiger partial charge in [-0.2, -0.15) is 0 Å². The number of thiophene rings is 1. The second-order valence-corrected chi connectivity index (χ2v) is 7.52. The highest BCUT2D eigenvalue weighted by atomic mass is 32.1. The summed E-state index contributed by atoms with van der Waals surface area (Å²) in [5.41, 5.74) is 1.55. The molecule has 158 valence electrons. The number of anilines is 2. The van der Waals surface area contributed by atoms with Gasteiger partial charge in [0, 0.05) is 22.7 Å². The molecule has 0 saturated carbocycles. The van der Waals surface area contributed by atoms with Crippen LogP contribution >= 0.6 is 11.3 Å². The average molecular weight is 436 g/mol. The molecule has 1 aliphatic heterocycles. The van der Waals surface area contributed by atoms with Crippen molar-refractivity contribution < 1.29 is 23.8 Å². The van der Waals surface area contributed by atoms with Crippen LogP contribution in [-0.2, 0) is 9.59 Å². The minimum atomic E-state index is -0.455. The van der Waals surface area contributed by atoms with E-state index in [1.165, 1.54) is 25.6 Å². The van der Waals surface area contributed by atoms with Gasteiger partial charge in [-0.25, -0.2) is 4.90 Å². The minimum absolute atomic E-state index is 0.204. The maximum absolute atomic E-state index is 13.4. The number of nitrogens with one attached hydrogen (secondary N) is 1. The fourth-order valence-corrected chi connectivity index (χ4v) is 4.11. The monoisotopic (exact) mass is 436 g/mol. The average Bonchev–Trinajstić information content (AvgIpc) is 3.40. The van der Waals surface area contributed by atoms with Crippen LogP contribution in [0.25, 0.3) is 5.57 Å². The number of hydrogen-bond donors (Lipinski definition) is 1. The highest BCUT2D eigenvalue weighted by Crippen LogP contribution is 2.38. The number of hydrogen-bond acceptors (Lipinski definition) is 7. The molecule has 0 saturated heterocycles. The number of carbonyl (C=O) groups is 2. The largest absolute Gasteiger partial charge is 0.497 e. The van der Waals surface area contributed by atoms with Gasteiger partial charge in [0.2, 0.25) is 0 Å². The van der Waals surface area contributed by atoms with Gasteiger partial charge in [0.1, 0.15) is 11.4 Å². The first-order valence-corrected chi connectivity index (χ1v) is 10.3. The molecule has 31 heavy (non-hydrogen) atoms. The second kappa shape index (κ2) is 8.53. The highest BCUT2D eigenvalue weighted by molar-refractivity contribution is 7.11. The predicted molar refractivity (Wildman–Crippen MR) is 120 cm³/mol. The Morgan fingerprint density at radius 1 is 0.839 bits per heavy atom. The molecule has 2 aromatic carbocycles. The molecule has 8 heteroatoms. The molecular formula is C23H20N2O5S. The van der Waals surface area contributed by atoms with Crippen LogP contribution in [0.3, 0.4) is 0 Å². The summed E-state index contributed by atoms with van der Waals surface area (Å²) in [6.07, 6.45) is 0. The van der Waals surface area contributed by atoms with Crippen molar-refractivity contribution in [1.29, 1.82) is 0 Å². The normalized spacial score (nSPS) is 13.6. The number of methoxy groups -OCH3 is 3. The summed E-state index contributed by atoms with van der Waals surface area (Å²) in [4.78, 5) is 28.7. The molecule has 0 aliphatic carbocycles. The fourth-order valence-electron chi connectivity index (χ4n) is 3.34. The number of imide groups is 1. The maximum atomic E-state index is 13.4. The van der Waals surface area contributed by atoms with E-state index in [-0.39, 0.29) is 5.70 Å². The van der Waals surface area contributed by atoms with Crippen molar-refractivity contribution in [3.8, 4) is 17.2 Å². The third-order valence-electron chi connectivity index (χ3n) is 4.82. The summed E-state index contributed by atoms with van der Waals surface area (Å²) in [6.45, 7) is 0. The summed E-state index contributed by atoms with van der Waals surface area (Å²) in [6, 6.07) is 15.7. The van der Waals surface area contributed by atoms with Gasteiger partial charge in [0.05, 0.1) is 32.6 Å². The van der Waals surface area contributed by atoms with Crippen LogP contribution in [0.5, 0.6) is 17.2 Å². The summed E-state index contributed by atoms with van der Waals surface area (Å²) in [5, 5.41) is 4.99. The SMILES string of the molecule is COc1cccc(NC2=C(c3cccs3)C(=O)N(c3ccc(OC)c(OC)c3)C2=O)c1. The Kier molecular flexibility index (Phi) is 5.64. The Balaban J connectivity index is 1.78. The Labute approximate surface area is 183 Å². The van der Waals surface area contributed by atoms with Crippen LogP contribution in [0.15, 0.2) is 65.7 Å². The van der Waals surface area contributed by atoms with Crippen molar-refractivity contribution in [3.63, 3.8) is 0 Å². The minimum Gasteiger partial charge on any atom is -0.497 e. The van der Waals surface area contributed by atoms with Gasteiger partial charge >= 0.3 is 0 Å². The van der Waals surface area contributed by atoms with Crippen LogP contribution in [0.1, 0.15) is 4.88 Å². The lowest BCUT2D eigenvalue weighted by Gasteiger charge is -2.17. The van der Waals surface area contributed by atoms with Crippen molar-refractivity contribution in [3.05, 3.63) is 70.6 Å².